The molecule has 1 aliphatic heterocycles. The van der Waals surface area contributed by atoms with E-state index < -0.39 is 0 Å². The van der Waals surface area contributed by atoms with Gasteiger partial charge in [-0.3, -0.25) is 14.5 Å². The van der Waals surface area contributed by atoms with E-state index in [2.05, 4.69) is 22.5 Å². The van der Waals surface area contributed by atoms with Crippen LogP contribution < -0.4 is 10.6 Å². The van der Waals surface area contributed by atoms with Gasteiger partial charge >= 0.3 is 0 Å². The molecule has 1 saturated heterocycles. The molecule has 0 bridgehead atoms. The molecule has 0 saturated carbocycles. The van der Waals surface area contributed by atoms with Gasteiger partial charge in [-0.05, 0) is 18.1 Å². The standard InChI is InChI=1S/C19H30N4O3/c1-3-16-6-4-5-7-17(16)21-18(24)15-22-9-11-23(12-10-22)19(25)14-20-8-13-26-2/h4-7,20H,3,8-15H2,1-2H3,(H,21,24). The Bertz CT molecular complexity index is 586. The molecule has 1 aliphatic rings. The van der Waals surface area contributed by atoms with Gasteiger partial charge in [0.25, 0.3) is 0 Å². The van der Waals surface area contributed by atoms with Gasteiger partial charge in [0, 0.05) is 45.5 Å². The van der Waals surface area contributed by atoms with Crippen LogP contribution in [0.1, 0.15) is 12.5 Å². The lowest BCUT2D eigenvalue weighted by molar-refractivity contribution is -0.132. The lowest BCUT2D eigenvalue weighted by atomic mass is 10.1. The molecule has 2 amide bonds. The number of aryl methyl sites for hydroxylation is 1. The van der Waals surface area contributed by atoms with Crippen LogP contribution in [0.4, 0.5) is 5.69 Å². The number of nitrogens with one attached hydrogen (secondary N) is 2. The van der Waals surface area contributed by atoms with Gasteiger partial charge in [0.15, 0.2) is 0 Å². The summed E-state index contributed by atoms with van der Waals surface area (Å²) in [4.78, 5) is 28.4. The van der Waals surface area contributed by atoms with Crippen LogP contribution in [0.15, 0.2) is 24.3 Å². The Kier molecular flexibility index (Phi) is 8.53. The molecule has 1 heterocycles. The van der Waals surface area contributed by atoms with Crippen molar-refractivity contribution in [1.82, 2.24) is 15.1 Å². The molecule has 0 spiro atoms. The molecule has 144 valence electrons. The highest BCUT2D eigenvalue weighted by Gasteiger charge is 2.22. The second-order valence-electron chi connectivity index (χ2n) is 6.39. The molecule has 0 radical (unpaired) electrons. The Labute approximate surface area is 155 Å². The summed E-state index contributed by atoms with van der Waals surface area (Å²) >= 11 is 0. The molecule has 26 heavy (non-hydrogen) atoms. The average molecular weight is 362 g/mol. The van der Waals surface area contributed by atoms with E-state index in [9.17, 15) is 9.59 Å². The van der Waals surface area contributed by atoms with Gasteiger partial charge in [-0.15, -0.1) is 0 Å². The molecular weight excluding hydrogens is 332 g/mol. The zero-order valence-corrected chi connectivity index (χ0v) is 15.8. The van der Waals surface area contributed by atoms with Crippen molar-refractivity contribution in [2.24, 2.45) is 0 Å². The number of carbonyl (C=O) groups is 2. The van der Waals surface area contributed by atoms with E-state index in [0.29, 0.717) is 52.4 Å². The van der Waals surface area contributed by atoms with Crippen LogP contribution in [0.5, 0.6) is 0 Å². The van der Waals surface area contributed by atoms with Gasteiger partial charge in [0.05, 0.1) is 19.7 Å². The summed E-state index contributed by atoms with van der Waals surface area (Å²) in [6.45, 7) is 6.76. The number of para-hydroxylation sites is 1. The quantitative estimate of drug-likeness (QED) is 0.628. The van der Waals surface area contributed by atoms with Crippen molar-refractivity contribution in [1.29, 1.82) is 0 Å². The van der Waals surface area contributed by atoms with E-state index in [1.165, 1.54) is 0 Å². The minimum Gasteiger partial charge on any atom is -0.383 e. The van der Waals surface area contributed by atoms with E-state index >= 15 is 0 Å². The third kappa shape index (κ3) is 6.40. The van der Waals surface area contributed by atoms with Gasteiger partial charge in [-0.1, -0.05) is 25.1 Å². The predicted molar refractivity (Wildman–Crippen MR) is 102 cm³/mol. The molecule has 1 aromatic rings. The summed E-state index contributed by atoms with van der Waals surface area (Å²) in [5.74, 6) is 0.0917. The number of methoxy groups -OCH3 is 1. The van der Waals surface area contributed by atoms with E-state index in [1.807, 2.05) is 29.2 Å². The molecule has 2 N–H and O–H groups in total. The molecule has 2 rings (SSSR count). The number of hydrogen-bond donors (Lipinski definition) is 2. The maximum atomic E-state index is 12.3. The number of anilines is 1. The number of benzene rings is 1. The Balaban J connectivity index is 1.71. The Hall–Kier alpha value is -1.96. The highest BCUT2D eigenvalue weighted by atomic mass is 16.5. The molecule has 1 fully saturated rings. The summed E-state index contributed by atoms with van der Waals surface area (Å²) in [7, 11) is 1.64. The molecule has 0 aromatic heterocycles. The fraction of sp³-hybridized carbons (Fsp3) is 0.579. The average Bonchev–Trinajstić information content (AvgIpc) is 2.66. The number of piperazine rings is 1. The molecule has 1 aromatic carbocycles. The van der Waals surface area contributed by atoms with E-state index in [1.54, 1.807) is 7.11 Å². The lowest BCUT2D eigenvalue weighted by Crippen LogP contribution is -2.52. The Morgan fingerprint density at radius 1 is 1.15 bits per heavy atom. The number of amides is 2. The third-order valence-electron chi connectivity index (χ3n) is 4.52. The smallest absolute Gasteiger partial charge is 0.238 e. The zero-order chi connectivity index (χ0) is 18.8. The molecule has 0 atom stereocenters. The third-order valence-corrected chi connectivity index (χ3v) is 4.52. The highest BCUT2D eigenvalue weighted by molar-refractivity contribution is 5.93. The van der Waals surface area contributed by atoms with Crippen molar-refractivity contribution >= 4 is 17.5 Å². The normalized spacial score (nSPS) is 15.1. The minimum absolute atomic E-state index is 0.00749. The maximum absolute atomic E-state index is 12.3. The molecular formula is C19H30N4O3. The van der Waals surface area contributed by atoms with Gasteiger partial charge in [0.1, 0.15) is 0 Å². The first-order valence-electron chi connectivity index (χ1n) is 9.21. The van der Waals surface area contributed by atoms with Crippen molar-refractivity contribution in [2.45, 2.75) is 13.3 Å². The molecule has 7 nitrogen and oxygen atoms in total. The van der Waals surface area contributed by atoms with Crippen molar-refractivity contribution in [3.8, 4) is 0 Å². The molecule has 0 unspecified atom stereocenters. The van der Waals surface area contributed by atoms with E-state index in [4.69, 9.17) is 4.74 Å². The van der Waals surface area contributed by atoms with Crippen LogP contribution in [-0.4, -0.2) is 81.1 Å². The topological polar surface area (TPSA) is 73.9 Å². The predicted octanol–water partition coefficient (Wildman–Crippen LogP) is 0.568. The first-order chi connectivity index (χ1) is 12.6. The largest absolute Gasteiger partial charge is 0.383 e. The van der Waals surface area contributed by atoms with Crippen LogP contribution in [-0.2, 0) is 20.7 Å². The SMILES string of the molecule is CCc1ccccc1NC(=O)CN1CCN(C(=O)CNCCOC)CC1. The number of ether oxygens (including phenoxy) is 1. The van der Waals surface area contributed by atoms with Crippen molar-refractivity contribution in [2.75, 3.05) is 64.8 Å². The van der Waals surface area contributed by atoms with Crippen LogP contribution in [0, 0.1) is 0 Å². The van der Waals surface area contributed by atoms with Gasteiger partial charge in [-0.25, -0.2) is 0 Å². The lowest BCUT2D eigenvalue weighted by Gasteiger charge is -2.34. The fourth-order valence-electron chi connectivity index (χ4n) is 2.98. The van der Waals surface area contributed by atoms with Crippen LogP contribution in [0.3, 0.4) is 0 Å². The van der Waals surface area contributed by atoms with Crippen molar-refractivity contribution in [3.63, 3.8) is 0 Å². The second-order valence-corrected chi connectivity index (χ2v) is 6.39. The Morgan fingerprint density at radius 3 is 2.58 bits per heavy atom. The summed E-state index contributed by atoms with van der Waals surface area (Å²) in [5, 5.41) is 6.07. The van der Waals surface area contributed by atoms with Gasteiger partial charge in [-0.2, -0.15) is 0 Å². The summed E-state index contributed by atoms with van der Waals surface area (Å²) in [5.41, 5.74) is 2.02. The second kappa shape index (κ2) is 10.9. The monoisotopic (exact) mass is 362 g/mol. The first-order valence-corrected chi connectivity index (χ1v) is 9.21. The van der Waals surface area contributed by atoms with Gasteiger partial charge < -0.3 is 20.3 Å². The van der Waals surface area contributed by atoms with Crippen LogP contribution >= 0.6 is 0 Å². The number of rotatable bonds is 9. The van der Waals surface area contributed by atoms with Crippen LogP contribution in [0.25, 0.3) is 0 Å². The van der Waals surface area contributed by atoms with Crippen molar-refractivity contribution < 1.29 is 14.3 Å². The zero-order valence-electron chi connectivity index (χ0n) is 15.8. The van der Waals surface area contributed by atoms with E-state index in [0.717, 1.165) is 17.7 Å². The number of hydrogen-bond acceptors (Lipinski definition) is 5. The maximum Gasteiger partial charge on any atom is 0.238 e. The summed E-state index contributed by atoms with van der Waals surface area (Å²) in [6, 6.07) is 7.87. The highest BCUT2D eigenvalue weighted by Crippen LogP contribution is 2.15. The summed E-state index contributed by atoms with van der Waals surface area (Å²) in [6.07, 6.45) is 0.885. The fourth-order valence-corrected chi connectivity index (χ4v) is 2.98. The molecule has 0 aliphatic carbocycles. The molecule has 7 heteroatoms. The first kappa shape index (κ1) is 20.4. The Morgan fingerprint density at radius 2 is 1.88 bits per heavy atom. The van der Waals surface area contributed by atoms with Gasteiger partial charge in [0.2, 0.25) is 11.8 Å². The minimum atomic E-state index is -0.00749. The van der Waals surface area contributed by atoms with E-state index in [-0.39, 0.29) is 11.8 Å². The van der Waals surface area contributed by atoms with Crippen LogP contribution in [0.2, 0.25) is 0 Å². The summed E-state index contributed by atoms with van der Waals surface area (Å²) < 4.78 is 4.95. The number of carbonyl (C=O) groups excluding carboxylic acids is 2. The van der Waals surface area contributed by atoms with Crippen molar-refractivity contribution in [3.05, 3.63) is 29.8 Å². The number of nitrogens with zero attached hydrogens (tertiary/aromatic N) is 2.